The van der Waals surface area contributed by atoms with E-state index in [4.69, 9.17) is 10.5 Å². The van der Waals surface area contributed by atoms with E-state index in [1.165, 1.54) is 0 Å². The van der Waals surface area contributed by atoms with E-state index in [1.807, 2.05) is 39.0 Å². The van der Waals surface area contributed by atoms with Crippen molar-refractivity contribution in [3.8, 4) is 5.75 Å². The van der Waals surface area contributed by atoms with Gasteiger partial charge in [-0.15, -0.1) is 12.4 Å². The van der Waals surface area contributed by atoms with Gasteiger partial charge in [0.2, 0.25) is 11.8 Å². The highest BCUT2D eigenvalue weighted by atomic mass is 35.5. The van der Waals surface area contributed by atoms with Crippen molar-refractivity contribution >= 4 is 29.9 Å². The fourth-order valence-corrected chi connectivity index (χ4v) is 2.59. The van der Waals surface area contributed by atoms with E-state index in [-0.39, 0.29) is 36.6 Å². The molecule has 1 fully saturated rings. The third-order valence-corrected chi connectivity index (χ3v) is 3.84. The lowest BCUT2D eigenvalue weighted by atomic mass is 10.1. The minimum atomic E-state index is -0.474. The van der Waals surface area contributed by atoms with Crippen LogP contribution in [0.1, 0.15) is 25.8 Å². The Morgan fingerprint density at radius 3 is 2.71 bits per heavy atom. The zero-order chi connectivity index (χ0) is 17.2. The third kappa shape index (κ3) is 4.85. The fourth-order valence-electron chi connectivity index (χ4n) is 2.59. The summed E-state index contributed by atoms with van der Waals surface area (Å²) in [5.74, 6) is 0.0650. The van der Waals surface area contributed by atoms with Crippen LogP contribution in [0.25, 0.3) is 0 Å². The molecule has 1 atom stereocenters. The first kappa shape index (κ1) is 20.3. The molecule has 1 aromatic carbocycles. The highest BCUT2D eigenvalue weighted by Crippen LogP contribution is 2.33. The van der Waals surface area contributed by atoms with Crippen LogP contribution in [0.5, 0.6) is 5.75 Å². The average Bonchev–Trinajstić information content (AvgIpc) is 2.86. The first-order valence-corrected chi connectivity index (χ1v) is 7.73. The van der Waals surface area contributed by atoms with Gasteiger partial charge >= 0.3 is 0 Å². The number of hydrogen-bond acceptors (Lipinski definition) is 4. The number of ether oxygens (including phenoxy) is 1. The van der Waals surface area contributed by atoms with Gasteiger partial charge in [-0.25, -0.2) is 0 Å². The maximum atomic E-state index is 12.3. The molecule has 1 aliphatic heterocycles. The van der Waals surface area contributed by atoms with Crippen molar-refractivity contribution in [3.05, 3.63) is 23.8 Å². The quantitative estimate of drug-likeness (QED) is 0.840. The number of rotatable bonds is 5. The Morgan fingerprint density at radius 1 is 1.46 bits per heavy atom. The summed E-state index contributed by atoms with van der Waals surface area (Å²) in [5.41, 5.74) is 7.15. The second kappa shape index (κ2) is 7.85. The van der Waals surface area contributed by atoms with E-state index in [0.717, 1.165) is 5.56 Å². The van der Waals surface area contributed by atoms with E-state index < -0.39 is 5.54 Å². The first-order valence-electron chi connectivity index (χ1n) is 7.73. The van der Waals surface area contributed by atoms with E-state index in [9.17, 15) is 9.59 Å². The summed E-state index contributed by atoms with van der Waals surface area (Å²) in [6.07, 6.45) is 0.202. The normalized spacial score (nSPS) is 17.5. The molecule has 0 aliphatic carbocycles. The molecule has 1 unspecified atom stereocenters. The third-order valence-electron chi connectivity index (χ3n) is 3.84. The number of nitrogens with two attached hydrogens (primary N) is 1. The number of hydrogen-bond donors (Lipinski definition) is 2. The lowest BCUT2D eigenvalue weighted by molar-refractivity contribution is -0.126. The van der Waals surface area contributed by atoms with Crippen LogP contribution in [-0.4, -0.2) is 37.6 Å². The van der Waals surface area contributed by atoms with Crippen molar-refractivity contribution in [1.82, 2.24) is 5.32 Å². The number of carbonyl (C=O) groups is 2. The zero-order valence-electron chi connectivity index (χ0n) is 14.6. The van der Waals surface area contributed by atoms with Crippen molar-refractivity contribution in [3.63, 3.8) is 0 Å². The highest BCUT2D eigenvalue weighted by molar-refractivity contribution is 6.01. The monoisotopic (exact) mass is 355 g/mol. The summed E-state index contributed by atoms with van der Waals surface area (Å²) in [6.45, 7) is 6.38. The van der Waals surface area contributed by atoms with Gasteiger partial charge in [0.15, 0.2) is 0 Å². The maximum absolute atomic E-state index is 12.3. The van der Waals surface area contributed by atoms with Gasteiger partial charge in [0.25, 0.3) is 0 Å². The summed E-state index contributed by atoms with van der Waals surface area (Å²) >= 11 is 0. The predicted molar refractivity (Wildman–Crippen MR) is 96.7 cm³/mol. The van der Waals surface area contributed by atoms with Gasteiger partial charge < -0.3 is 20.7 Å². The molecule has 2 rings (SSSR count). The largest absolute Gasteiger partial charge is 0.495 e. The Labute approximate surface area is 149 Å². The van der Waals surface area contributed by atoms with Gasteiger partial charge in [0.05, 0.1) is 18.7 Å². The number of anilines is 1. The molecule has 1 aromatic rings. The van der Waals surface area contributed by atoms with Crippen LogP contribution < -0.4 is 20.7 Å². The number of nitrogens with one attached hydrogen (secondary N) is 1. The molecule has 1 saturated heterocycles. The van der Waals surface area contributed by atoms with E-state index in [1.54, 1.807) is 12.0 Å². The number of methoxy groups -OCH3 is 1. The summed E-state index contributed by atoms with van der Waals surface area (Å²) in [7, 11) is 1.57. The molecule has 0 bridgehead atoms. The summed E-state index contributed by atoms with van der Waals surface area (Å²) in [5, 5.41) is 2.82. The van der Waals surface area contributed by atoms with Crippen molar-refractivity contribution in [2.75, 3.05) is 25.1 Å². The standard InChI is InChI=1S/C17H25N3O3.ClH/c1-11-5-6-14(23-4)13(7-11)20-9-12(8-15(20)21)16(22)19-10-17(2,3)18;/h5-7,12H,8-10,18H2,1-4H3,(H,19,22);1H. The second-order valence-corrected chi connectivity index (χ2v) is 6.79. The van der Waals surface area contributed by atoms with E-state index in [2.05, 4.69) is 5.32 Å². The smallest absolute Gasteiger partial charge is 0.227 e. The highest BCUT2D eigenvalue weighted by Gasteiger charge is 2.36. The topological polar surface area (TPSA) is 84.7 Å². The maximum Gasteiger partial charge on any atom is 0.227 e. The predicted octanol–water partition coefficient (Wildman–Crippen LogP) is 1.63. The number of amides is 2. The minimum absolute atomic E-state index is 0. The number of benzene rings is 1. The molecule has 134 valence electrons. The van der Waals surface area contributed by atoms with Crippen LogP contribution in [0.3, 0.4) is 0 Å². The average molecular weight is 356 g/mol. The number of halogens is 1. The molecule has 2 amide bonds. The van der Waals surface area contributed by atoms with Crippen molar-refractivity contribution < 1.29 is 14.3 Å². The molecule has 0 saturated carbocycles. The van der Waals surface area contributed by atoms with Crippen LogP contribution in [0, 0.1) is 12.8 Å². The Balaban J connectivity index is 0.00000288. The molecule has 6 nitrogen and oxygen atoms in total. The Bertz CT molecular complexity index is 614. The van der Waals surface area contributed by atoms with Crippen LogP contribution in [-0.2, 0) is 9.59 Å². The molecule has 0 radical (unpaired) electrons. The van der Waals surface area contributed by atoms with Gasteiger partial charge in [-0.3, -0.25) is 9.59 Å². The molecule has 24 heavy (non-hydrogen) atoms. The molecule has 0 aromatic heterocycles. The first-order chi connectivity index (χ1) is 10.7. The van der Waals surface area contributed by atoms with Crippen molar-refractivity contribution in [1.29, 1.82) is 0 Å². The van der Waals surface area contributed by atoms with Gasteiger partial charge in [-0.1, -0.05) is 6.07 Å². The molecule has 0 spiro atoms. The lowest BCUT2D eigenvalue weighted by Crippen LogP contribution is -2.46. The summed E-state index contributed by atoms with van der Waals surface area (Å²) in [6, 6.07) is 5.67. The van der Waals surface area contributed by atoms with Gasteiger partial charge in [-0.2, -0.15) is 0 Å². The summed E-state index contributed by atoms with van der Waals surface area (Å²) in [4.78, 5) is 26.2. The molecule has 3 N–H and O–H groups in total. The molecule has 1 heterocycles. The number of carbonyl (C=O) groups excluding carboxylic acids is 2. The molecule has 7 heteroatoms. The Kier molecular flexibility index (Phi) is 6.63. The van der Waals surface area contributed by atoms with Crippen LogP contribution >= 0.6 is 12.4 Å². The molecular formula is C17H26ClN3O3. The van der Waals surface area contributed by atoms with Crippen molar-refractivity contribution in [2.45, 2.75) is 32.7 Å². The van der Waals surface area contributed by atoms with E-state index >= 15 is 0 Å². The number of nitrogens with zero attached hydrogens (tertiary/aromatic N) is 1. The zero-order valence-corrected chi connectivity index (χ0v) is 15.4. The lowest BCUT2D eigenvalue weighted by Gasteiger charge is -2.21. The van der Waals surface area contributed by atoms with Crippen molar-refractivity contribution in [2.24, 2.45) is 11.7 Å². The van der Waals surface area contributed by atoms with Gasteiger partial charge in [0, 0.05) is 25.0 Å². The van der Waals surface area contributed by atoms with Crippen LogP contribution in [0.2, 0.25) is 0 Å². The van der Waals surface area contributed by atoms with Gasteiger partial charge in [-0.05, 0) is 38.5 Å². The Hall–Kier alpha value is -1.79. The molecular weight excluding hydrogens is 330 g/mol. The number of aryl methyl sites for hydroxylation is 1. The van der Waals surface area contributed by atoms with E-state index in [0.29, 0.717) is 24.5 Å². The summed E-state index contributed by atoms with van der Waals surface area (Å²) < 4.78 is 5.34. The fraction of sp³-hybridized carbons (Fsp3) is 0.529. The molecule has 1 aliphatic rings. The Morgan fingerprint density at radius 2 is 2.12 bits per heavy atom. The van der Waals surface area contributed by atoms with Crippen LogP contribution in [0.4, 0.5) is 5.69 Å². The SMILES string of the molecule is COc1ccc(C)cc1N1CC(C(=O)NCC(C)(C)N)CC1=O.Cl. The van der Waals surface area contributed by atoms with Crippen LogP contribution in [0.15, 0.2) is 18.2 Å². The second-order valence-electron chi connectivity index (χ2n) is 6.79. The van der Waals surface area contributed by atoms with Gasteiger partial charge in [0.1, 0.15) is 5.75 Å². The minimum Gasteiger partial charge on any atom is -0.495 e.